The Balaban J connectivity index is 1.95. The van der Waals surface area contributed by atoms with E-state index in [9.17, 15) is 4.79 Å². The summed E-state index contributed by atoms with van der Waals surface area (Å²) in [5.74, 6) is -0.134. The molecule has 0 unspecified atom stereocenters. The van der Waals surface area contributed by atoms with E-state index in [1.54, 1.807) is 11.1 Å². The second-order valence-corrected chi connectivity index (χ2v) is 3.65. The first-order chi connectivity index (χ1) is 6.68. The van der Waals surface area contributed by atoms with Crippen LogP contribution >= 0.6 is 0 Å². The Morgan fingerprint density at radius 1 is 1.64 bits per heavy atom. The highest BCUT2D eigenvalue weighted by atomic mass is 16.5. The van der Waals surface area contributed by atoms with Gasteiger partial charge in [-0.15, -0.1) is 0 Å². The van der Waals surface area contributed by atoms with Gasteiger partial charge in [-0.3, -0.25) is 0 Å². The van der Waals surface area contributed by atoms with E-state index in [0.717, 1.165) is 25.1 Å². The molecule has 1 saturated carbocycles. The molecule has 1 N–H and O–H groups in total. The third kappa shape index (κ3) is 5.59. The second kappa shape index (κ2) is 5.65. The lowest BCUT2D eigenvalue weighted by atomic mass is 10.5. The van der Waals surface area contributed by atoms with Crippen LogP contribution < -0.4 is 0 Å². The molecular weight excluding hydrogens is 182 g/mol. The lowest BCUT2D eigenvalue weighted by molar-refractivity contribution is -0.131. The summed E-state index contributed by atoms with van der Waals surface area (Å²) in [6, 6.07) is 0. The van der Waals surface area contributed by atoms with Crippen molar-refractivity contribution in [3.8, 4) is 0 Å². The molecule has 0 spiro atoms. The zero-order valence-electron chi connectivity index (χ0n) is 8.48. The monoisotopic (exact) mass is 199 g/mol. The summed E-state index contributed by atoms with van der Waals surface area (Å²) in [6.07, 6.45) is 5.27. The number of hydrogen-bond acceptors (Lipinski definition) is 3. The highest BCUT2D eigenvalue weighted by Crippen LogP contribution is 2.28. The Hall–Kier alpha value is -1.03. The molecule has 0 aliphatic heterocycles. The van der Waals surface area contributed by atoms with Gasteiger partial charge in [0.05, 0.1) is 6.61 Å². The Morgan fingerprint density at radius 2 is 2.36 bits per heavy atom. The summed E-state index contributed by atoms with van der Waals surface area (Å²) in [4.78, 5) is 12.0. The smallest absolute Gasteiger partial charge is 0.329 e. The van der Waals surface area contributed by atoms with Gasteiger partial charge < -0.3 is 14.7 Å². The van der Waals surface area contributed by atoms with Crippen molar-refractivity contribution in [3.63, 3.8) is 0 Å². The fraction of sp³-hybridized carbons (Fsp3) is 0.700. The topological polar surface area (TPSA) is 49.8 Å². The van der Waals surface area contributed by atoms with Gasteiger partial charge in [-0.2, -0.15) is 0 Å². The summed E-state index contributed by atoms with van der Waals surface area (Å²) in [6.45, 7) is 2.25. The number of carboxylic acids is 1. The molecule has 0 saturated heterocycles. The fourth-order valence-corrected chi connectivity index (χ4v) is 1.01. The SMILES string of the molecule is CN(C=CC(=O)O)CCOCC1CC1. The van der Waals surface area contributed by atoms with Crippen LogP contribution in [0.3, 0.4) is 0 Å². The van der Waals surface area contributed by atoms with Gasteiger partial charge in [-0.1, -0.05) is 0 Å². The minimum atomic E-state index is -0.921. The van der Waals surface area contributed by atoms with Crippen LogP contribution in [-0.4, -0.2) is 42.8 Å². The summed E-state index contributed by atoms with van der Waals surface area (Å²) in [5, 5.41) is 8.37. The van der Waals surface area contributed by atoms with Crippen molar-refractivity contribution in [3.05, 3.63) is 12.3 Å². The Morgan fingerprint density at radius 3 is 2.93 bits per heavy atom. The van der Waals surface area contributed by atoms with Crippen molar-refractivity contribution in [2.24, 2.45) is 5.92 Å². The van der Waals surface area contributed by atoms with Crippen molar-refractivity contribution >= 4 is 5.97 Å². The molecule has 0 bridgehead atoms. The van der Waals surface area contributed by atoms with Crippen molar-refractivity contribution in [1.82, 2.24) is 4.90 Å². The zero-order chi connectivity index (χ0) is 10.4. The van der Waals surface area contributed by atoms with Crippen LogP contribution in [0.2, 0.25) is 0 Å². The van der Waals surface area contributed by atoms with Crippen LogP contribution in [0.25, 0.3) is 0 Å². The minimum Gasteiger partial charge on any atom is -0.478 e. The number of carboxylic acid groups (broad SMARTS) is 1. The van der Waals surface area contributed by atoms with Crippen LogP contribution in [0.5, 0.6) is 0 Å². The minimum absolute atomic E-state index is 0.664. The molecule has 4 heteroatoms. The van der Waals surface area contributed by atoms with Gasteiger partial charge in [0, 0.05) is 32.5 Å². The first-order valence-electron chi connectivity index (χ1n) is 4.87. The van der Waals surface area contributed by atoms with Crippen LogP contribution in [0.1, 0.15) is 12.8 Å². The molecule has 4 nitrogen and oxygen atoms in total. The molecule has 0 aromatic heterocycles. The van der Waals surface area contributed by atoms with Crippen molar-refractivity contribution in [1.29, 1.82) is 0 Å². The molecule has 1 aliphatic rings. The van der Waals surface area contributed by atoms with E-state index in [4.69, 9.17) is 9.84 Å². The van der Waals surface area contributed by atoms with E-state index < -0.39 is 5.97 Å². The zero-order valence-corrected chi connectivity index (χ0v) is 8.48. The van der Waals surface area contributed by atoms with Gasteiger partial charge in [-0.25, -0.2) is 4.79 Å². The molecule has 0 atom stereocenters. The Bertz CT molecular complexity index is 211. The summed E-state index contributed by atoms with van der Waals surface area (Å²) in [5.41, 5.74) is 0. The van der Waals surface area contributed by atoms with Crippen LogP contribution in [0, 0.1) is 5.92 Å². The van der Waals surface area contributed by atoms with E-state index in [1.807, 2.05) is 7.05 Å². The molecule has 0 aromatic rings. The van der Waals surface area contributed by atoms with E-state index >= 15 is 0 Å². The van der Waals surface area contributed by atoms with Crippen molar-refractivity contribution in [2.45, 2.75) is 12.8 Å². The van der Waals surface area contributed by atoms with Gasteiger partial charge in [-0.05, 0) is 18.8 Å². The average molecular weight is 199 g/mol. The fourth-order valence-electron chi connectivity index (χ4n) is 1.01. The second-order valence-electron chi connectivity index (χ2n) is 3.65. The molecule has 0 amide bonds. The van der Waals surface area contributed by atoms with Crippen molar-refractivity contribution < 1.29 is 14.6 Å². The number of hydrogen-bond donors (Lipinski definition) is 1. The quantitative estimate of drug-likeness (QED) is 0.490. The summed E-state index contributed by atoms with van der Waals surface area (Å²) in [7, 11) is 1.83. The van der Waals surface area contributed by atoms with Crippen molar-refractivity contribution in [2.75, 3.05) is 26.8 Å². The predicted octanol–water partition coefficient (Wildman–Crippen LogP) is 0.943. The van der Waals surface area contributed by atoms with Gasteiger partial charge in [0.25, 0.3) is 0 Å². The molecule has 0 aromatic carbocycles. The largest absolute Gasteiger partial charge is 0.478 e. The van der Waals surface area contributed by atoms with Crippen LogP contribution in [0.4, 0.5) is 0 Å². The van der Waals surface area contributed by atoms with Gasteiger partial charge in [0.1, 0.15) is 0 Å². The number of rotatable bonds is 7. The van der Waals surface area contributed by atoms with Gasteiger partial charge in [0.15, 0.2) is 0 Å². The maximum atomic E-state index is 10.2. The molecule has 0 radical (unpaired) electrons. The molecule has 14 heavy (non-hydrogen) atoms. The maximum absolute atomic E-state index is 10.2. The molecule has 0 heterocycles. The highest BCUT2D eigenvalue weighted by molar-refractivity contribution is 5.79. The number of likely N-dealkylation sites (N-methyl/N-ethyl adjacent to an activating group) is 1. The molecular formula is C10H17NO3. The lowest BCUT2D eigenvalue weighted by Crippen LogP contribution is -2.18. The Labute approximate surface area is 84.2 Å². The van der Waals surface area contributed by atoms with E-state index in [2.05, 4.69) is 0 Å². The summed E-state index contributed by atoms with van der Waals surface area (Å²) >= 11 is 0. The third-order valence-corrected chi connectivity index (χ3v) is 2.11. The Kier molecular flexibility index (Phi) is 4.46. The van der Waals surface area contributed by atoms with Gasteiger partial charge >= 0.3 is 5.97 Å². The highest BCUT2D eigenvalue weighted by Gasteiger charge is 2.20. The van der Waals surface area contributed by atoms with E-state index in [0.29, 0.717) is 6.61 Å². The number of aliphatic carboxylic acids is 1. The van der Waals surface area contributed by atoms with Crippen LogP contribution in [0.15, 0.2) is 12.3 Å². The first-order valence-corrected chi connectivity index (χ1v) is 4.87. The third-order valence-electron chi connectivity index (χ3n) is 2.11. The summed E-state index contributed by atoms with van der Waals surface area (Å²) < 4.78 is 5.41. The first kappa shape index (κ1) is 11.0. The number of ether oxygens (including phenoxy) is 1. The number of carbonyl (C=O) groups is 1. The van der Waals surface area contributed by atoms with E-state index in [1.165, 1.54) is 12.8 Å². The standard InChI is InChI=1S/C10H17NO3/c1-11(5-4-10(12)13)6-7-14-8-9-2-3-9/h4-5,9H,2-3,6-8H2,1H3,(H,12,13). The van der Waals surface area contributed by atoms with Gasteiger partial charge in [0.2, 0.25) is 0 Å². The number of nitrogens with zero attached hydrogens (tertiary/aromatic N) is 1. The normalized spacial score (nSPS) is 16.1. The molecule has 1 aliphatic carbocycles. The maximum Gasteiger partial charge on any atom is 0.329 e. The van der Waals surface area contributed by atoms with Crippen LogP contribution in [-0.2, 0) is 9.53 Å². The van der Waals surface area contributed by atoms with E-state index in [-0.39, 0.29) is 0 Å². The lowest BCUT2D eigenvalue weighted by Gasteiger charge is -2.13. The molecule has 1 rings (SSSR count). The molecule has 1 fully saturated rings. The predicted molar refractivity (Wildman–Crippen MR) is 52.9 cm³/mol. The molecule has 80 valence electrons. The average Bonchev–Trinajstić information content (AvgIpc) is 2.92.